The van der Waals surface area contributed by atoms with Crippen molar-refractivity contribution in [2.45, 2.75) is 6.54 Å². The zero-order valence-corrected chi connectivity index (χ0v) is 13.6. The number of hydrogen-bond acceptors (Lipinski definition) is 4. The fourth-order valence-corrected chi connectivity index (χ4v) is 2.87. The van der Waals surface area contributed by atoms with Gasteiger partial charge in [0.1, 0.15) is 17.3 Å². The normalized spacial score (nSPS) is 15.3. The summed E-state index contributed by atoms with van der Waals surface area (Å²) < 4.78 is 18.8. The molecule has 1 aromatic carbocycles. The summed E-state index contributed by atoms with van der Waals surface area (Å²) in [5.74, 6) is 0.372. The highest BCUT2D eigenvalue weighted by atomic mass is 19.1. The Bertz CT molecular complexity index is 701. The van der Waals surface area contributed by atoms with E-state index in [4.69, 9.17) is 4.74 Å². The molecule has 0 bridgehead atoms. The summed E-state index contributed by atoms with van der Waals surface area (Å²) in [6.45, 7) is 3.34. The van der Waals surface area contributed by atoms with Crippen LogP contribution in [-0.2, 0) is 6.54 Å². The van der Waals surface area contributed by atoms with Crippen molar-refractivity contribution in [1.82, 2.24) is 14.8 Å². The van der Waals surface area contributed by atoms with E-state index in [1.54, 1.807) is 31.5 Å². The lowest BCUT2D eigenvalue weighted by atomic mass is 10.1. The minimum atomic E-state index is -0.269. The van der Waals surface area contributed by atoms with Gasteiger partial charge in [-0.05, 0) is 30.3 Å². The Morgan fingerprint density at radius 2 is 2.00 bits per heavy atom. The molecule has 1 fully saturated rings. The number of benzene rings is 1. The number of methoxy groups -OCH3 is 1. The maximum Gasteiger partial charge on any atom is 0.272 e. The fraction of sp³-hybridized carbons (Fsp3) is 0.333. The molecule has 1 aromatic heterocycles. The van der Waals surface area contributed by atoms with Gasteiger partial charge in [-0.3, -0.25) is 14.7 Å². The van der Waals surface area contributed by atoms with Gasteiger partial charge in [-0.2, -0.15) is 0 Å². The van der Waals surface area contributed by atoms with Crippen molar-refractivity contribution in [3.8, 4) is 5.75 Å². The van der Waals surface area contributed by atoms with Crippen LogP contribution in [-0.4, -0.2) is 54.0 Å². The first kappa shape index (κ1) is 16.4. The van der Waals surface area contributed by atoms with Crippen LogP contribution in [0.1, 0.15) is 16.1 Å². The maximum absolute atomic E-state index is 13.5. The number of pyridine rings is 1. The molecular formula is C18H20FN3O2. The molecule has 1 amide bonds. The minimum absolute atomic E-state index is 0.0430. The molecule has 0 aliphatic carbocycles. The van der Waals surface area contributed by atoms with Crippen LogP contribution >= 0.6 is 0 Å². The van der Waals surface area contributed by atoms with Crippen LogP contribution in [0.4, 0.5) is 4.39 Å². The quantitative estimate of drug-likeness (QED) is 0.863. The summed E-state index contributed by atoms with van der Waals surface area (Å²) in [6, 6.07) is 9.88. The van der Waals surface area contributed by atoms with Crippen molar-refractivity contribution < 1.29 is 13.9 Å². The van der Waals surface area contributed by atoms with E-state index in [0.717, 1.165) is 18.7 Å². The second kappa shape index (κ2) is 7.40. The second-order valence-electron chi connectivity index (χ2n) is 5.74. The summed E-state index contributed by atoms with van der Waals surface area (Å²) in [5, 5.41) is 0. The standard InChI is InChI=1S/C18H20FN3O2/c1-24-17-6-5-15(19)12-14(17)13-21-8-10-22(11-9-21)18(23)16-4-2-3-7-20-16/h2-7,12H,8-11,13H2,1H3. The molecule has 2 aromatic rings. The first-order chi connectivity index (χ1) is 11.7. The van der Waals surface area contributed by atoms with Gasteiger partial charge < -0.3 is 9.64 Å². The number of aromatic nitrogens is 1. The molecule has 24 heavy (non-hydrogen) atoms. The third-order valence-electron chi connectivity index (χ3n) is 4.18. The van der Waals surface area contributed by atoms with Crippen LogP contribution in [0.2, 0.25) is 0 Å². The first-order valence-corrected chi connectivity index (χ1v) is 7.92. The molecule has 2 heterocycles. The molecule has 0 spiro atoms. The van der Waals surface area contributed by atoms with Gasteiger partial charge in [0.05, 0.1) is 7.11 Å². The van der Waals surface area contributed by atoms with Gasteiger partial charge in [0.15, 0.2) is 0 Å². The summed E-state index contributed by atoms with van der Waals surface area (Å²) in [7, 11) is 1.58. The Kier molecular flexibility index (Phi) is 5.05. The highest BCUT2D eigenvalue weighted by molar-refractivity contribution is 5.92. The lowest BCUT2D eigenvalue weighted by molar-refractivity contribution is 0.0621. The number of piperazine rings is 1. The molecule has 0 atom stereocenters. The molecule has 6 heteroatoms. The van der Waals surface area contributed by atoms with Crippen LogP contribution in [0.15, 0.2) is 42.6 Å². The van der Waals surface area contributed by atoms with E-state index in [2.05, 4.69) is 9.88 Å². The predicted molar refractivity (Wildman–Crippen MR) is 88.4 cm³/mol. The number of amides is 1. The smallest absolute Gasteiger partial charge is 0.272 e. The molecule has 0 saturated carbocycles. The highest BCUT2D eigenvalue weighted by Gasteiger charge is 2.23. The molecule has 5 nitrogen and oxygen atoms in total. The van der Waals surface area contributed by atoms with Crippen LogP contribution in [0.5, 0.6) is 5.75 Å². The Labute approximate surface area is 140 Å². The largest absolute Gasteiger partial charge is 0.496 e. The summed E-state index contributed by atoms with van der Waals surface area (Å²) in [6.07, 6.45) is 1.62. The van der Waals surface area contributed by atoms with Crippen molar-refractivity contribution in [2.24, 2.45) is 0 Å². The van der Waals surface area contributed by atoms with Gasteiger partial charge in [-0.25, -0.2) is 4.39 Å². The zero-order chi connectivity index (χ0) is 16.9. The van der Waals surface area contributed by atoms with Crippen LogP contribution in [0, 0.1) is 5.82 Å². The zero-order valence-electron chi connectivity index (χ0n) is 13.6. The fourth-order valence-electron chi connectivity index (χ4n) is 2.87. The summed E-state index contributed by atoms with van der Waals surface area (Å²) >= 11 is 0. The van der Waals surface area contributed by atoms with Crippen molar-refractivity contribution >= 4 is 5.91 Å². The van der Waals surface area contributed by atoms with Gasteiger partial charge in [0, 0.05) is 44.5 Å². The molecule has 0 N–H and O–H groups in total. The minimum Gasteiger partial charge on any atom is -0.496 e. The summed E-state index contributed by atoms with van der Waals surface area (Å²) in [5.41, 5.74) is 1.29. The third kappa shape index (κ3) is 3.71. The lowest BCUT2D eigenvalue weighted by Crippen LogP contribution is -2.48. The monoisotopic (exact) mass is 329 g/mol. The van der Waals surface area contributed by atoms with E-state index in [-0.39, 0.29) is 11.7 Å². The highest BCUT2D eigenvalue weighted by Crippen LogP contribution is 2.21. The van der Waals surface area contributed by atoms with E-state index in [0.29, 0.717) is 31.1 Å². The number of hydrogen-bond donors (Lipinski definition) is 0. The van der Waals surface area contributed by atoms with E-state index in [1.165, 1.54) is 12.1 Å². The second-order valence-corrected chi connectivity index (χ2v) is 5.74. The molecule has 3 rings (SSSR count). The predicted octanol–water partition coefficient (Wildman–Crippen LogP) is 2.19. The van der Waals surface area contributed by atoms with Gasteiger partial charge in [-0.1, -0.05) is 6.07 Å². The SMILES string of the molecule is COc1ccc(F)cc1CN1CCN(C(=O)c2ccccn2)CC1. The van der Waals surface area contributed by atoms with Crippen LogP contribution < -0.4 is 4.74 Å². The average molecular weight is 329 g/mol. The van der Waals surface area contributed by atoms with Crippen LogP contribution in [0.3, 0.4) is 0 Å². The van der Waals surface area contributed by atoms with E-state index < -0.39 is 0 Å². The van der Waals surface area contributed by atoms with Crippen molar-refractivity contribution in [2.75, 3.05) is 33.3 Å². The Hall–Kier alpha value is -2.47. The Morgan fingerprint density at radius 3 is 2.67 bits per heavy atom. The molecular weight excluding hydrogens is 309 g/mol. The van der Waals surface area contributed by atoms with Gasteiger partial charge in [0.25, 0.3) is 5.91 Å². The Balaban J connectivity index is 1.60. The third-order valence-corrected chi connectivity index (χ3v) is 4.18. The molecule has 1 aliphatic heterocycles. The lowest BCUT2D eigenvalue weighted by Gasteiger charge is -2.34. The van der Waals surface area contributed by atoms with Gasteiger partial charge in [-0.15, -0.1) is 0 Å². The number of carbonyl (C=O) groups is 1. The van der Waals surface area contributed by atoms with Crippen molar-refractivity contribution in [3.05, 3.63) is 59.7 Å². The number of halogens is 1. The van der Waals surface area contributed by atoms with Crippen LogP contribution in [0.25, 0.3) is 0 Å². The molecule has 1 aliphatic rings. The first-order valence-electron chi connectivity index (χ1n) is 7.92. The molecule has 1 saturated heterocycles. The van der Waals surface area contributed by atoms with Gasteiger partial charge >= 0.3 is 0 Å². The van der Waals surface area contributed by atoms with Crippen molar-refractivity contribution in [1.29, 1.82) is 0 Å². The number of carbonyl (C=O) groups excluding carboxylic acids is 1. The van der Waals surface area contributed by atoms with Crippen molar-refractivity contribution in [3.63, 3.8) is 0 Å². The van der Waals surface area contributed by atoms with E-state index >= 15 is 0 Å². The molecule has 0 unspecified atom stereocenters. The summed E-state index contributed by atoms with van der Waals surface area (Å²) in [4.78, 5) is 20.5. The number of ether oxygens (including phenoxy) is 1. The molecule has 0 radical (unpaired) electrons. The maximum atomic E-state index is 13.5. The molecule has 126 valence electrons. The van der Waals surface area contributed by atoms with Gasteiger partial charge in [0.2, 0.25) is 0 Å². The Morgan fingerprint density at radius 1 is 1.21 bits per heavy atom. The number of nitrogens with zero attached hydrogens (tertiary/aromatic N) is 3. The number of rotatable bonds is 4. The van der Waals surface area contributed by atoms with E-state index in [9.17, 15) is 9.18 Å². The average Bonchev–Trinajstić information content (AvgIpc) is 2.63. The topological polar surface area (TPSA) is 45.7 Å². The van der Waals surface area contributed by atoms with E-state index in [1.807, 2.05) is 11.0 Å².